The number of anilines is 1. The number of esters is 1. The number of nitrogens with one attached hydrogen (secondary N) is 1. The number of carbonyl (C=O) groups excluding carboxylic acids is 2. The number of benzene rings is 1. The van der Waals surface area contributed by atoms with Crippen molar-refractivity contribution < 1.29 is 18.7 Å². The first kappa shape index (κ1) is 18.2. The van der Waals surface area contributed by atoms with Gasteiger partial charge in [0.2, 0.25) is 5.91 Å². The average Bonchev–Trinajstić information content (AvgIpc) is 2.61. The maximum absolute atomic E-state index is 13.0. The van der Waals surface area contributed by atoms with Gasteiger partial charge >= 0.3 is 5.97 Å². The summed E-state index contributed by atoms with van der Waals surface area (Å²) in [6.07, 6.45) is 0. The van der Waals surface area contributed by atoms with E-state index in [1.54, 1.807) is 19.1 Å². The molecule has 24 heavy (non-hydrogen) atoms. The SMILES string of the molecule is COC(=O)[C@H](C)NC(=O)[C@@H](C)N1CCN(c2ccc(F)cc2)CC1. The lowest BCUT2D eigenvalue weighted by Crippen LogP contribution is -2.55. The fraction of sp³-hybridized carbons (Fsp3) is 0.529. The number of piperazine rings is 1. The highest BCUT2D eigenvalue weighted by Crippen LogP contribution is 2.17. The molecular weight excluding hydrogens is 313 g/mol. The lowest BCUT2D eigenvalue weighted by atomic mass is 10.2. The molecule has 1 saturated heterocycles. The Balaban J connectivity index is 1.85. The van der Waals surface area contributed by atoms with Gasteiger partial charge in [-0.05, 0) is 38.1 Å². The van der Waals surface area contributed by atoms with Crippen LogP contribution < -0.4 is 10.2 Å². The Hall–Kier alpha value is -2.15. The summed E-state index contributed by atoms with van der Waals surface area (Å²) in [4.78, 5) is 27.9. The standard InChI is InChI=1S/C17H24FN3O3/c1-12(17(23)24-3)19-16(22)13(2)20-8-10-21(11-9-20)15-6-4-14(18)5-7-15/h4-7,12-13H,8-11H2,1-3H3,(H,19,22)/t12-,13+/m0/s1. The summed E-state index contributed by atoms with van der Waals surface area (Å²) in [5.74, 6) is -0.901. The van der Waals surface area contributed by atoms with Crippen molar-refractivity contribution in [3.05, 3.63) is 30.1 Å². The van der Waals surface area contributed by atoms with Crippen LogP contribution in [0.3, 0.4) is 0 Å². The molecule has 1 N–H and O–H groups in total. The second-order valence-corrected chi connectivity index (χ2v) is 5.93. The maximum Gasteiger partial charge on any atom is 0.328 e. The smallest absolute Gasteiger partial charge is 0.328 e. The third-order valence-electron chi connectivity index (χ3n) is 4.35. The minimum absolute atomic E-state index is 0.192. The summed E-state index contributed by atoms with van der Waals surface area (Å²) >= 11 is 0. The van der Waals surface area contributed by atoms with Gasteiger partial charge in [-0.3, -0.25) is 9.69 Å². The predicted molar refractivity (Wildman–Crippen MR) is 89.3 cm³/mol. The second kappa shape index (κ2) is 8.10. The van der Waals surface area contributed by atoms with E-state index < -0.39 is 12.0 Å². The first-order chi connectivity index (χ1) is 11.4. The van der Waals surface area contributed by atoms with Gasteiger partial charge in [-0.1, -0.05) is 0 Å². The molecule has 132 valence electrons. The third-order valence-corrected chi connectivity index (χ3v) is 4.35. The summed E-state index contributed by atoms with van der Waals surface area (Å²) in [5, 5.41) is 2.67. The van der Waals surface area contributed by atoms with Crippen molar-refractivity contribution in [2.45, 2.75) is 25.9 Å². The minimum Gasteiger partial charge on any atom is -0.467 e. The van der Waals surface area contributed by atoms with E-state index in [2.05, 4.69) is 19.9 Å². The van der Waals surface area contributed by atoms with Gasteiger partial charge in [0, 0.05) is 31.9 Å². The Morgan fingerprint density at radius 3 is 2.25 bits per heavy atom. The van der Waals surface area contributed by atoms with E-state index in [4.69, 9.17) is 0 Å². The van der Waals surface area contributed by atoms with Gasteiger partial charge in [0.1, 0.15) is 11.9 Å². The zero-order chi connectivity index (χ0) is 17.7. The molecule has 1 aliphatic rings. The zero-order valence-electron chi connectivity index (χ0n) is 14.3. The van der Waals surface area contributed by atoms with Crippen molar-refractivity contribution in [3.8, 4) is 0 Å². The van der Waals surface area contributed by atoms with E-state index in [-0.39, 0.29) is 17.8 Å². The van der Waals surface area contributed by atoms with Gasteiger partial charge in [0.25, 0.3) is 0 Å². The highest BCUT2D eigenvalue weighted by molar-refractivity contribution is 5.87. The zero-order valence-corrected chi connectivity index (χ0v) is 14.3. The summed E-state index contributed by atoms with van der Waals surface area (Å²) in [6, 6.07) is 5.44. The minimum atomic E-state index is -0.662. The Labute approximate surface area is 141 Å². The van der Waals surface area contributed by atoms with E-state index in [9.17, 15) is 14.0 Å². The van der Waals surface area contributed by atoms with Crippen molar-refractivity contribution in [1.29, 1.82) is 0 Å². The van der Waals surface area contributed by atoms with Gasteiger partial charge in [-0.25, -0.2) is 9.18 Å². The number of carbonyl (C=O) groups is 2. The Morgan fingerprint density at radius 2 is 1.71 bits per heavy atom. The highest BCUT2D eigenvalue weighted by Gasteiger charge is 2.27. The van der Waals surface area contributed by atoms with Crippen LogP contribution in [0.1, 0.15) is 13.8 Å². The largest absolute Gasteiger partial charge is 0.467 e. The number of ether oxygens (including phenoxy) is 1. The lowest BCUT2D eigenvalue weighted by molar-refractivity contribution is -0.145. The molecule has 0 radical (unpaired) electrons. The number of nitrogens with zero attached hydrogens (tertiary/aromatic N) is 2. The Bertz CT molecular complexity index is 571. The molecule has 1 amide bonds. The van der Waals surface area contributed by atoms with Crippen LogP contribution in [-0.4, -0.2) is 62.1 Å². The maximum atomic E-state index is 13.0. The van der Waals surface area contributed by atoms with Gasteiger partial charge in [0.15, 0.2) is 0 Å². The molecular formula is C17H24FN3O3. The molecule has 0 unspecified atom stereocenters. The van der Waals surface area contributed by atoms with E-state index in [1.807, 2.05) is 6.92 Å². The molecule has 6 nitrogen and oxygen atoms in total. The molecule has 2 atom stereocenters. The molecule has 1 aromatic rings. The number of amides is 1. The molecule has 0 aliphatic carbocycles. The van der Waals surface area contributed by atoms with E-state index in [0.717, 1.165) is 31.9 Å². The topological polar surface area (TPSA) is 61.9 Å². The molecule has 1 aliphatic heterocycles. The number of hydrogen-bond donors (Lipinski definition) is 1. The van der Waals surface area contributed by atoms with Crippen LogP contribution in [-0.2, 0) is 14.3 Å². The molecule has 1 heterocycles. The Kier molecular flexibility index (Phi) is 6.14. The van der Waals surface area contributed by atoms with Crippen molar-refractivity contribution in [2.24, 2.45) is 0 Å². The fourth-order valence-electron chi connectivity index (χ4n) is 2.75. The molecule has 0 bridgehead atoms. The average molecular weight is 337 g/mol. The summed E-state index contributed by atoms with van der Waals surface area (Å²) < 4.78 is 17.6. The van der Waals surface area contributed by atoms with E-state index in [0.29, 0.717) is 0 Å². The molecule has 2 rings (SSSR count). The Morgan fingerprint density at radius 1 is 1.12 bits per heavy atom. The highest BCUT2D eigenvalue weighted by atomic mass is 19.1. The van der Waals surface area contributed by atoms with Gasteiger partial charge in [-0.15, -0.1) is 0 Å². The van der Waals surface area contributed by atoms with E-state index in [1.165, 1.54) is 19.2 Å². The third kappa shape index (κ3) is 4.44. The van der Waals surface area contributed by atoms with Gasteiger partial charge in [0.05, 0.1) is 13.2 Å². The number of hydrogen-bond acceptors (Lipinski definition) is 5. The normalized spacial score (nSPS) is 17.9. The van der Waals surface area contributed by atoms with Crippen molar-refractivity contribution >= 4 is 17.6 Å². The molecule has 1 aromatic carbocycles. The van der Waals surface area contributed by atoms with Crippen LogP contribution in [0, 0.1) is 5.82 Å². The second-order valence-electron chi connectivity index (χ2n) is 5.93. The molecule has 0 saturated carbocycles. The van der Waals surface area contributed by atoms with Crippen molar-refractivity contribution in [1.82, 2.24) is 10.2 Å². The van der Waals surface area contributed by atoms with Crippen LogP contribution in [0.4, 0.5) is 10.1 Å². The number of halogens is 1. The van der Waals surface area contributed by atoms with Crippen LogP contribution in [0.2, 0.25) is 0 Å². The van der Waals surface area contributed by atoms with Gasteiger partial charge in [-0.2, -0.15) is 0 Å². The molecule has 0 aromatic heterocycles. The predicted octanol–water partition coefficient (Wildman–Crippen LogP) is 1.01. The summed E-state index contributed by atoms with van der Waals surface area (Å²) in [6.45, 7) is 6.39. The molecule has 7 heteroatoms. The number of methoxy groups -OCH3 is 1. The fourth-order valence-corrected chi connectivity index (χ4v) is 2.75. The monoisotopic (exact) mass is 337 g/mol. The van der Waals surface area contributed by atoms with Gasteiger partial charge < -0.3 is 15.0 Å². The van der Waals surface area contributed by atoms with Crippen LogP contribution >= 0.6 is 0 Å². The molecule has 0 spiro atoms. The molecule has 1 fully saturated rings. The first-order valence-electron chi connectivity index (χ1n) is 8.05. The summed E-state index contributed by atoms with van der Waals surface area (Å²) in [5.41, 5.74) is 0.979. The quantitative estimate of drug-likeness (QED) is 0.813. The van der Waals surface area contributed by atoms with Crippen LogP contribution in [0.25, 0.3) is 0 Å². The number of rotatable bonds is 5. The van der Waals surface area contributed by atoms with Crippen molar-refractivity contribution in [2.75, 3.05) is 38.2 Å². The van der Waals surface area contributed by atoms with E-state index >= 15 is 0 Å². The van der Waals surface area contributed by atoms with Crippen molar-refractivity contribution in [3.63, 3.8) is 0 Å². The lowest BCUT2D eigenvalue weighted by Gasteiger charge is -2.38. The first-order valence-corrected chi connectivity index (χ1v) is 8.05. The van der Waals surface area contributed by atoms with Crippen LogP contribution in [0.15, 0.2) is 24.3 Å². The van der Waals surface area contributed by atoms with Crippen LogP contribution in [0.5, 0.6) is 0 Å². The summed E-state index contributed by atoms with van der Waals surface area (Å²) in [7, 11) is 1.29.